The smallest absolute Gasteiger partial charge is 0.0932 e. The Labute approximate surface area is 57.6 Å². The van der Waals surface area contributed by atoms with Gasteiger partial charge in [0.05, 0.1) is 16.2 Å². The predicted molar refractivity (Wildman–Crippen MR) is 38.2 cm³/mol. The molecular formula is C5H12N2OS. The summed E-state index contributed by atoms with van der Waals surface area (Å²) in [5.41, 5.74) is 0. The second kappa shape index (κ2) is 3.29. The number of rotatable bonds is 1. The van der Waals surface area contributed by atoms with Crippen LogP contribution in [0, 0.1) is 0 Å². The molecule has 1 fully saturated rings. The lowest BCUT2D eigenvalue weighted by atomic mass is 10.2. The van der Waals surface area contributed by atoms with Gasteiger partial charge in [-0.3, -0.25) is 5.14 Å². The topological polar surface area (TPSA) is 55.1 Å². The molecule has 0 spiro atoms. The highest BCUT2D eigenvalue weighted by atomic mass is 32.2. The molecule has 2 unspecified atom stereocenters. The number of piperidine rings is 1. The van der Waals surface area contributed by atoms with Crippen LogP contribution in [0.1, 0.15) is 12.8 Å². The summed E-state index contributed by atoms with van der Waals surface area (Å²) in [5.74, 6) is 0. The van der Waals surface area contributed by atoms with Crippen molar-refractivity contribution in [2.45, 2.75) is 18.1 Å². The molecule has 1 saturated heterocycles. The Morgan fingerprint density at radius 3 is 2.78 bits per heavy atom. The van der Waals surface area contributed by atoms with Gasteiger partial charge < -0.3 is 5.32 Å². The third-order valence-corrected chi connectivity index (χ3v) is 2.64. The summed E-state index contributed by atoms with van der Waals surface area (Å²) in [7, 11) is -1.11. The summed E-state index contributed by atoms with van der Waals surface area (Å²) in [6.45, 7) is 1.87. The van der Waals surface area contributed by atoms with Crippen LogP contribution >= 0.6 is 0 Å². The summed E-state index contributed by atoms with van der Waals surface area (Å²) in [4.78, 5) is 0. The highest BCUT2D eigenvalue weighted by Crippen LogP contribution is 2.04. The van der Waals surface area contributed by atoms with Crippen LogP contribution in [0.2, 0.25) is 0 Å². The van der Waals surface area contributed by atoms with Crippen LogP contribution in [-0.4, -0.2) is 22.5 Å². The average molecular weight is 148 g/mol. The zero-order chi connectivity index (χ0) is 6.69. The van der Waals surface area contributed by atoms with Gasteiger partial charge in [0.2, 0.25) is 0 Å². The number of nitrogens with two attached hydrogens (primary N) is 1. The van der Waals surface area contributed by atoms with Crippen LogP contribution in [0.4, 0.5) is 0 Å². The molecule has 1 rings (SSSR count). The molecule has 9 heavy (non-hydrogen) atoms. The summed E-state index contributed by atoms with van der Waals surface area (Å²) < 4.78 is 10.6. The molecule has 0 radical (unpaired) electrons. The minimum absolute atomic E-state index is 0.193. The van der Waals surface area contributed by atoms with E-state index in [1.54, 1.807) is 0 Å². The molecule has 1 aliphatic heterocycles. The summed E-state index contributed by atoms with van der Waals surface area (Å²) in [6.07, 6.45) is 2.11. The fraction of sp³-hybridized carbons (Fsp3) is 1.00. The van der Waals surface area contributed by atoms with E-state index in [1.165, 1.54) is 0 Å². The second-order valence-electron chi connectivity index (χ2n) is 2.30. The van der Waals surface area contributed by atoms with Crippen LogP contribution in [0.5, 0.6) is 0 Å². The minimum atomic E-state index is -1.11. The molecule has 0 aromatic carbocycles. The van der Waals surface area contributed by atoms with Gasteiger partial charge in [-0.25, -0.2) is 4.21 Å². The zero-order valence-electron chi connectivity index (χ0n) is 5.30. The monoisotopic (exact) mass is 148 g/mol. The third-order valence-electron chi connectivity index (χ3n) is 1.58. The molecule has 0 aromatic rings. The number of nitrogens with one attached hydrogen (secondary N) is 1. The van der Waals surface area contributed by atoms with Crippen molar-refractivity contribution in [2.24, 2.45) is 5.14 Å². The lowest BCUT2D eigenvalue weighted by molar-refractivity contribution is 0.520. The Hall–Kier alpha value is 0.0700. The quantitative estimate of drug-likeness (QED) is 0.520. The van der Waals surface area contributed by atoms with Gasteiger partial charge in [-0.1, -0.05) is 0 Å². The van der Waals surface area contributed by atoms with Crippen molar-refractivity contribution in [3.05, 3.63) is 0 Å². The molecule has 4 heteroatoms. The first-order valence-corrected chi connectivity index (χ1v) is 4.44. The van der Waals surface area contributed by atoms with Gasteiger partial charge in [-0.05, 0) is 19.4 Å². The van der Waals surface area contributed by atoms with Crippen molar-refractivity contribution in [3.8, 4) is 0 Å². The van der Waals surface area contributed by atoms with E-state index in [9.17, 15) is 4.21 Å². The van der Waals surface area contributed by atoms with Gasteiger partial charge in [0.15, 0.2) is 0 Å². The maximum Gasteiger partial charge on any atom is 0.0932 e. The maximum atomic E-state index is 10.6. The maximum absolute atomic E-state index is 10.6. The third kappa shape index (κ3) is 2.04. The van der Waals surface area contributed by atoms with Crippen molar-refractivity contribution in [3.63, 3.8) is 0 Å². The molecule has 0 aromatic heterocycles. The van der Waals surface area contributed by atoms with E-state index in [2.05, 4.69) is 5.32 Å². The average Bonchev–Trinajstić information content (AvgIpc) is 1.90. The van der Waals surface area contributed by atoms with E-state index < -0.39 is 11.0 Å². The van der Waals surface area contributed by atoms with Crippen LogP contribution < -0.4 is 10.5 Å². The Balaban J connectivity index is 2.31. The highest BCUT2D eigenvalue weighted by Gasteiger charge is 2.15. The minimum Gasteiger partial charge on any atom is -0.315 e. The Morgan fingerprint density at radius 2 is 2.44 bits per heavy atom. The standard InChI is InChI=1S/C5H12N2OS/c6-9(8)5-2-1-3-7-4-5/h5,7H,1-4,6H2. The largest absolute Gasteiger partial charge is 0.315 e. The first-order valence-electron chi connectivity index (χ1n) is 3.16. The zero-order valence-corrected chi connectivity index (χ0v) is 6.12. The second-order valence-corrected chi connectivity index (χ2v) is 3.62. The van der Waals surface area contributed by atoms with E-state index in [0.717, 1.165) is 25.9 Å². The molecule has 54 valence electrons. The number of hydrogen-bond donors (Lipinski definition) is 2. The fourth-order valence-electron chi connectivity index (χ4n) is 1.02. The van der Waals surface area contributed by atoms with Gasteiger partial charge in [-0.15, -0.1) is 0 Å². The molecule has 3 nitrogen and oxygen atoms in total. The predicted octanol–water partition coefficient (Wildman–Crippen LogP) is -0.639. The van der Waals surface area contributed by atoms with E-state index in [1.807, 2.05) is 0 Å². The molecule has 1 aliphatic rings. The molecular weight excluding hydrogens is 136 g/mol. The van der Waals surface area contributed by atoms with E-state index >= 15 is 0 Å². The van der Waals surface area contributed by atoms with Crippen LogP contribution in [-0.2, 0) is 11.0 Å². The van der Waals surface area contributed by atoms with Gasteiger partial charge in [0.25, 0.3) is 0 Å². The summed E-state index contributed by atoms with van der Waals surface area (Å²) in [6, 6.07) is 0. The van der Waals surface area contributed by atoms with Crippen LogP contribution in [0.3, 0.4) is 0 Å². The van der Waals surface area contributed by atoms with Crippen molar-refractivity contribution in [1.29, 1.82) is 0 Å². The molecule has 0 bridgehead atoms. The highest BCUT2D eigenvalue weighted by molar-refractivity contribution is 7.83. The van der Waals surface area contributed by atoms with E-state index in [4.69, 9.17) is 5.14 Å². The van der Waals surface area contributed by atoms with Crippen molar-refractivity contribution in [1.82, 2.24) is 5.32 Å². The molecule has 0 aliphatic carbocycles. The van der Waals surface area contributed by atoms with E-state index in [-0.39, 0.29) is 5.25 Å². The molecule has 1 heterocycles. The van der Waals surface area contributed by atoms with Crippen molar-refractivity contribution < 1.29 is 4.21 Å². The molecule has 0 amide bonds. The number of hydrogen-bond acceptors (Lipinski definition) is 2. The molecule has 2 atom stereocenters. The van der Waals surface area contributed by atoms with Crippen LogP contribution in [0.25, 0.3) is 0 Å². The molecule has 0 saturated carbocycles. The van der Waals surface area contributed by atoms with Gasteiger partial charge in [-0.2, -0.15) is 0 Å². The summed E-state index contributed by atoms with van der Waals surface area (Å²) >= 11 is 0. The summed E-state index contributed by atoms with van der Waals surface area (Å²) in [5, 5.41) is 8.54. The van der Waals surface area contributed by atoms with Crippen molar-refractivity contribution in [2.75, 3.05) is 13.1 Å². The van der Waals surface area contributed by atoms with Gasteiger partial charge in [0, 0.05) is 6.54 Å². The lowest BCUT2D eigenvalue weighted by Gasteiger charge is -2.19. The first-order chi connectivity index (χ1) is 4.30. The molecule has 3 N–H and O–H groups in total. The Morgan fingerprint density at radius 1 is 1.67 bits per heavy atom. The Kier molecular flexibility index (Phi) is 2.63. The first kappa shape index (κ1) is 7.18. The Bertz CT molecular complexity index is 112. The SMILES string of the molecule is NS(=O)C1CCCNC1. The van der Waals surface area contributed by atoms with Crippen LogP contribution in [0.15, 0.2) is 0 Å². The van der Waals surface area contributed by atoms with Gasteiger partial charge in [0.1, 0.15) is 0 Å². The fourth-order valence-corrected chi connectivity index (χ4v) is 1.70. The van der Waals surface area contributed by atoms with Crippen molar-refractivity contribution >= 4 is 11.0 Å². The normalized spacial score (nSPS) is 31.9. The van der Waals surface area contributed by atoms with Gasteiger partial charge >= 0.3 is 0 Å². The lowest BCUT2D eigenvalue weighted by Crippen LogP contribution is -2.38. The van der Waals surface area contributed by atoms with E-state index in [0.29, 0.717) is 0 Å².